The number of nitrogens with zero attached hydrogens (tertiary/aromatic N) is 4. The van der Waals surface area contributed by atoms with Gasteiger partial charge in [0.1, 0.15) is 0 Å². The summed E-state index contributed by atoms with van der Waals surface area (Å²) in [5.41, 5.74) is 0.765. The predicted octanol–water partition coefficient (Wildman–Crippen LogP) is 1.92. The third-order valence-corrected chi connectivity index (χ3v) is 4.01. The number of hydrogen-bond acceptors (Lipinski definition) is 4. The number of halogens is 1. The number of pyridine rings is 1. The highest BCUT2D eigenvalue weighted by atomic mass is 79.9. The Kier molecular flexibility index (Phi) is 3.86. The maximum Gasteiger partial charge on any atom is 0.243 e. The van der Waals surface area contributed by atoms with Gasteiger partial charge in [0.05, 0.1) is 4.47 Å². The van der Waals surface area contributed by atoms with E-state index >= 15 is 0 Å². The highest BCUT2D eigenvalue weighted by molar-refractivity contribution is 9.10. The van der Waals surface area contributed by atoms with Gasteiger partial charge in [-0.2, -0.15) is 4.98 Å². The molecule has 0 unspecified atom stereocenters. The van der Waals surface area contributed by atoms with Crippen LogP contribution in [0, 0.1) is 0 Å². The van der Waals surface area contributed by atoms with E-state index in [4.69, 9.17) is 0 Å². The Hall–Kier alpha value is -1.63. The number of nitrogens with one attached hydrogen (secondary N) is 1. The molecule has 6 nitrogen and oxygen atoms in total. The smallest absolute Gasteiger partial charge is 0.243 e. The topological polar surface area (TPSA) is 62.5 Å². The second-order valence-corrected chi connectivity index (χ2v) is 5.68. The zero-order chi connectivity index (χ0) is 13.9. The van der Waals surface area contributed by atoms with Crippen LogP contribution in [0.4, 0.5) is 5.95 Å². The number of hydrogen-bond donors (Lipinski definition) is 1. The van der Waals surface area contributed by atoms with Gasteiger partial charge in [0.15, 0.2) is 5.65 Å². The lowest BCUT2D eigenvalue weighted by molar-refractivity contribution is -0.129. The van der Waals surface area contributed by atoms with Gasteiger partial charge in [-0.05, 0) is 40.9 Å². The Labute approximate surface area is 125 Å². The number of likely N-dealkylation sites (tertiary alicyclic amines) is 1. The Morgan fingerprint density at radius 2 is 2.20 bits per heavy atom. The summed E-state index contributed by atoms with van der Waals surface area (Å²) in [4.78, 5) is 18.2. The first kappa shape index (κ1) is 13.4. The molecule has 1 aliphatic rings. The Balaban J connectivity index is 1.57. The molecule has 1 amide bonds. The van der Waals surface area contributed by atoms with E-state index < -0.39 is 0 Å². The lowest BCUT2D eigenvalue weighted by atomic mass is 10.3. The van der Waals surface area contributed by atoms with Gasteiger partial charge in [0, 0.05) is 32.3 Å². The van der Waals surface area contributed by atoms with Crippen LogP contribution in [-0.4, -0.2) is 45.0 Å². The summed E-state index contributed by atoms with van der Waals surface area (Å²) in [5.74, 6) is 0.756. The van der Waals surface area contributed by atoms with Crippen molar-refractivity contribution in [2.45, 2.75) is 19.3 Å². The molecule has 0 aliphatic carbocycles. The Morgan fingerprint density at radius 3 is 2.95 bits per heavy atom. The van der Waals surface area contributed by atoms with Crippen LogP contribution in [0.1, 0.15) is 19.3 Å². The molecule has 0 radical (unpaired) electrons. The van der Waals surface area contributed by atoms with Crippen LogP contribution in [0.2, 0.25) is 0 Å². The van der Waals surface area contributed by atoms with E-state index in [1.807, 2.05) is 23.2 Å². The summed E-state index contributed by atoms with van der Waals surface area (Å²) in [6.07, 6.45) is 4.58. The van der Waals surface area contributed by atoms with Crippen molar-refractivity contribution >= 4 is 33.4 Å². The third kappa shape index (κ3) is 2.77. The van der Waals surface area contributed by atoms with Crippen molar-refractivity contribution in [1.82, 2.24) is 19.5 Å². The maximum atomic E-state index is 11.9. The summed E-state index contributed by atoms with van der Waals surface area (Å²) in [5, 5.41) is 7.41. The Morgan fingerprint density at radius 1 is 1.40 bits per heavy atom. The maximum absolute atomic E-state index is 11.9. The molecule has 1 saturated heterocycles. The lowest BCUT2D eigenvalue weighted by Gasteiger charge is -2.14. The van der Waals surface area contributed by atoms with E-state index in [1.165, 1.54) is 0 Å². The lowest BCUT2D eigenvalue weighted by Crippen LogP contribution is -2.29. The molecule has 2 aromatic rings. The molecule has 3 heterocycles. The van der Waals surface area contributed by atoms with Gasteiger partial charge in [0.2, 0.25) is 11.9 Å². The molecule has 3 rings (SSSR count). The van der Waals surface area contributed by atoms with Crippen molar-refractivity contribution in [3.05, 3.63) is 22.8 Å². The number of carbonyl (C=O) groups excluding carboxylic acids is 1. The van der Waals surface area contributed by atoms with Gasteiger partial charge in [0.25, 0.3) is 0 Å². The van der Waals surface area contributed by atoms with Gasteiger partial charge in [-0.3, -0.25) is 4.79 Å². The van der Waals surface area contributed by atoms with E-state index in [2.05, 4.69) is 31.3 Å². The first-order valence-corrected chi connectivity index (χ1v) is 7.56. The number of carbonyl (C=O) groups is 1. The molecule has 20 heavy (non-hydrogen) atoms. The van der Waals surface area contributed by atoms with Crippen molar-refractivity contribution in [3.8, 4) is 0 Å². The molecule has 0 bridgehead atoms. The molecule has 106 valence electrons. The Bertz CT molecular complexity index is 620. The van der Waals surface area contributed by atoms with Crippen molar-refractivity contribution in [3.63, 3.8) is 0 Å². The summed E-state index contributed by atoms with van der Waals surface area (Å²) < 4.78 is 2.60. The van der Waals surface area contributed by atoms with Crippen molar-refractivity contribution in [1.29, 1.82) is 0 Å². The minimum absolute atomic E-state index is 0.208. The summed E-state index contributed by atoms with van der Waals surface area (Å²) in [7, 11) is 0. The van der Waals surface area contributed by atoms with Gasteiger partial charge < -0.3 is 10.2 Å². The van der Waals surface area contributed by atoms with Crippen molar-refractivity contribution in [2.24, 2.45) is 0 Å². The van der Waals surface area contributed by atoms with Crippen LogP contribution in [0.15, 0.2) is 22.8 Å². The minimum Gasteiger partial charge on any atom is -0.352 e. The minimum atomic E-state index is 0.208. The average Bonchev–Trinajstić information content (AvgIpc) is 3.07. The summed E-state index contributed by atoms with van der Waals surface area (Å²) in [6, 6.07) is 3.82. The van der Waals surface area contributed by atoms with Crippen LogP contribution < -0.4 is 5.32 Å². The zero-order valence-corrected chi connectivity index (χ0v) is 12.6. The van der Waals surface area contributed by atoms with Gasteiger partial charge in [-0.15, -0.1) is 5.10 Å². The monoisotopic (exact) mass is 337 g/mol. The molecule has 1 N–H and O–H groups in total. The van der Waals surface area contributed by atoms with E-state index in [-0.39, 0.29) is 5.91 Å². The summed E-state index contributed by atoms with van der Waals surface area (Å²) in [6.45, 7) is 2.36. The molecule has 0 spiro atoms. The molecule has 0 aromatic carbocycles. The first-order valence-electron chi connectivity index (χ1n) is 6.76. The van der Waals surface area contributed by atoms with Crippen LogP contribution >= 0.6 is 15.9 Å². The van der Waals surface area contributed by atoms with E-state index in [0.717, 1.165) is 36.1 Å². The molecule has 0 saturated carbocycles. The van der Waals surface area contributed by atoms with E-state index in [9.17, 15) is 4.79 Å². The number of aromatic nitrogens is 3. The van der Waals surface area contributed by atoms with Crippen molar-refractivity contribution in [2.75, 3.05) is 25.0 Å². The molecule has 0 atom stereocenters. The van der Waals surface area contributed by atoms with Gasteiger partial charge in [-0.1, -0.05) is 0 Å². The van der Waals surface area contributed by atoms with E-state index in [0.29, 0.717) is 18.9 Å². The second-order valence-electron chi connectivity index (χ2n) is 4.82. The molecule has 1 aliphatic heterocycles. The first-order chi connectivity index (χ1) is 9.74. The number of fused-ring (bicyclic) bond motifs is 1. The highest BCUT2D eigenvalue weighted by Gasteiger charge is 2.17. The molecular formula is C13H16BrN5O. The zero-order valence-electron chi connectivity index (χ0n) is 11.0. The number of rotatable bonds is 4. The molecule has 1 fully saturated rings. The highest BCUT2D eigenvalue weighted by Crippen LogP contribution is 2.16. The van der Waals surface area contributed by atoms with Crippen LogP contribution in [0.3, 0.4) is 0 Å². The largest absolute Gasteiger partial charge is 0.352 e. The van der Waals surface area contributed by atoms with Crippen LogP contribution in [0.25, 0.3) is 5.65 Å². The molecular weight excluding hydrogens is 322 g/mol. The van der Waals surface area contributed by atoms with Crippen LogP contribution in [0.5, 0.6) is 0 Å². The average molecular weight is 338 g/mol. The van der Waals surface area contributed by atoms with Crippen LogP contribution in [-0.2, 0) is 4.79 Å². The fraction of sp³-hybridized carbons (Fsp3) is 0.462. The molecule has 2 aromatic heterocycles. The van der Waals surface area contributed by atoms with Crippen molar-refractivity contribution < 1.29 is 4.79 Å². The fourth-order valence-corrected chi connectivity index (χ4v) is 2.78. The van der Waals surface area contributed by atoms with Gasteiger partial charge in [-0.25, -0.2) is 4.52 Å². The predicted molar refractivity (Wildman–Crippen MR) is 79.6 cm³/mol. The SMILES string of the molecule is O=C(CCNc1nc2c(Br)cccn2n1)N1CCCC1. The molecule has 7 heteroatoms. The normalized spacial score (nSPS) is 14.9. The number of anilines is 1. The van der Waals surface area contributed by atoms with E-state index in [1.54, 1.807) is 4.52 Å². The third-order valence-electron chi connectivity index (χ3n) is 3.40. The fourth-order valence-electron chi connectivity index (χ4n) is 2.35. The quantitative estimate of drug-likeness (QED) is 0.925. The standard InChI is InChI=1S/C13H16BrN5O/c14-10-4-3-9-19-12(10)16-13(17-19)15-6-5-11(20)18-7-1-2-8-18/h3-4,9H,1-2,5-8H2,(H,15,17). The summed E-state index contributed by atoms with van der Waals surface area (Å²) >= 11 is 3.43. The second kappa shape index (κ2) is 5.78. The van der Waals surface area contributed by atoms with Gasteiger partial charge >= 0.3 is 0 Å². The number of amides is 1.